The maximum Gasteiger partial charge on any atom is 0.221 e. The molecule has 9 heavy (non-hydrogen) atoms. The standard InChI is InChI=1S/C6H14N2O/c1-2-3-5(4-7)6(8)9/h5H,2-4,7H2,1H3,(H2,8,9)/t5-/m0/s1. The molecule has 0 aromatic rings. The van der Waals surface area contributed by atoms with Crippen molar-refractivity contribution in [2.75, 3.05) is 6.54 Å². The summed E-state index contributed by atoms with van der Waals surface area (Å²) >= 11 is 0. The summed E-state index contributed by atoms with van der Waals surface area (Å²) in [5.74, 6) is -0.394. The van der Waals surface area contributed by atoms with Crippen molar-refractivity contribution in [2.45, 2.75) is 19.8 Å². The highest BCUT2D eigenvalue weighted by Crippen LogP contribution is 2.01. The summed E-state index contributed by atoms with van der Waals surface area (Å²) < 4.78 is 0. The summed E-state index contributed by atoms with van der Waals surface area (Å²) in [6, 6.07) is 0. The van der Waals surface area contributed by atoms with Gasteiger partial charge in [-0.05, 0) is 6.42 Å². The number of hydrogen-bond donors (Lipinski definition) is 2. The molecule has 0 aliphatic heterocycles. The molecule has 0 aromatic carbocycles. The molecule has 0 saturated carbocycles. The van der Waals surface area contributed by atoms with Gasteiger partial charge in [-0.2, -0.15) is 0 Å². The molecule has 0 aromatic heterocycles. The van der Waals surface area contributed by atoms with E-state index >= 15 is 0 Å². The smallest absolute Gasteiger partial charge is 0.221 e. The third-order valence-electron chi connectivity index (χ3n) is 1.32. The van der Waals surface area contributed by atoms with Gasteiger partial charge in [-0.15, -0.1) is 0 Å². The van der Waals surface area contributed by atoms with Crippen molar-refractivity contribution >= 4 is 5.91 Å². The summed E-state index contributed by atoms with van der Waals surface area (Å²) in [7, 11) is 0. The Morgan fingerprint density at radius 2 is 2.22 bits per heavy atom. The molecule has 0 aliphatic carbocycles. The van der Waals surface area contributed by atoms with E-state index < -0.39 is 0 Å². The van der Waals surface area contributed by atoms with Crippen LogP contribution < -0.4 is 11.5 Å². The van der Waals surface area contributed by atoms with Crippen molar-refractivity contribution in [1.82, 2.24) is 0 Å². The van der Waals surface area contributed by atoms with Crippen LogP contribution in [0.3, 0.4) is 0 Å². The molecular weight excluding hydrogens is 116 g/mol. The van der Waals surface area contributed by atoms with Crippen LogP contribution in [0.2, 0.25) is 0 Å². The van der Waals surface area contributed by atoms with Gasteiger partial charge in [0.2, 0.25) is 5.91 Å². The summed E-state index contributed by atoms with van der Waals surface area (Å²) in [4.78, 5) is 10.5. The zero-order valence-electron chi connectivity index (χ0n) is 5.76. The molecule has 54 valence electrons. The van der Waals surface area contributed by atoms with Crippen LogP contribution in [0.5, 0.6) is 0 Å². The molecule has 1 atom stereocenters. The fourth-order valence-electron chi connectivity index (χ4n) is 0.725. The fraction of sp³-hybridized carbons (Fsp3) is 0.833. The molecule has 0 spiro atoms. The first-order chi connectivity index (χ1) is 4.22. The minimum absolute atomic E-state index is 0.116. The monoisotopic (exact) mass is 130 g/mol. The largest absolute Gasteiger partial charge is 0.369 e. The van der Waals surface area contributed by atoms with Gasteiger partial charge in [0, 0.05) is 12.5 Å². The number of hydrogen-bond acceptors (Lipinski definition) is 2. The average molecular weight is 130 g/mol. The van der Waals surface area contributed by atoms with Gasteiger partial charge >= 0.3 is 0 Å². The Hall–Kier alpha value is -0.570. The number of rotatable bonds is 4. The van der Waals surface area contributed by atoms with Gasteiger partial charge in [-0.25, -0.2) is 0 Å². The van der Waals surface area contributed by atoms with Crippen LogP contribution in [0, 0.1) is 5.92 Å². The third kappa shape index (κ3) is 3.08. The van der Waals surface area contributed by atoms with Crippen molar-refractivity contribution < 1.29 is 4.79 Å². The molecule has 0 radical (unpaired) electrons. The number of amides is 1. The first-order valence-electron chi connectivity index (χ1n) is 3.21. The third-order valence-corrected chi connectivity index (χ3v) is 1.32. The topological polar surface area (TPSA) is 69.1 Å². The van der Waals surface area contributed by atoms with E-state index in [0.717, 1.165) is 12.8 Å². The zero-order valence-corrected chi connectivity index (χ0v) is 5.76. The van der Waals surface area contributed by atoms with Gasteiger partial charge in [-0.1, -0.05) is 13.3 Å². The Bertz CT molecular complexity index is 93.1. The van der Waals surface area contributed by atoms with Crippen LogP contribution >= 0.6 is 0 Å². The van der Waals surface area contributed by atoms with Gasteiger partial charge in [0.1, 0.15) is 0 Å². The molecule has 1 amide bonds. The van der Waals surface area contributed by atoms with Crippen LogP contribution in [0.4, 0.5) is 0 Å². The Balaban J connectivity index is 3.54. The molecule has 0 bridgehead atoms. The number of carbonyl (C=O) groups excluding carboxylic acids is 1. The van der Waals surface area contributed by atoms with E-state index in [9.17, 15) is 4.79 Å². The molecule has 3 nitrogen and oxygen atoms in total. The summed E-state index contributed by atoms with van der Waals surface area (Å²) in [6.45, 7) is 2.38. The molecule has 0 fully saturated rings. The van der Waals surface area contributed by atoms with Crippen molar-refractivity contribution in [1.29, 1.82) is 0 Å². The van der Waals surface area contributed by atoms with E-state index in [0.29, 0.717) is 6.54 Å². The van der Waals surface area contributed by atoms with Gasteiger partial charge in [0.05, 0.1) is 0 Å². The fourth-order valence-corrected chi connectivity index (χ4v) is 0.725. The summed E-state index contributed by atoms with van der Waals surface area (Å²) in [6.07, 6.45) is 1.77. The molecule has 0 saturated heterocycles. The highest BCUT2D eigenvalue weighted by atomic mass is 16.1. The molecule has 0 rings (SSSR count). The van der Waals surface area contributed by atoms with Gasteiger partial charge in [-0.3, -0.25) is 4.79 Å². The molecule has 0 unspecified atom stereocenters. The van der Waals surface area contributed by atoms with Crippen LogP contribution in [0.25, 0.3) is 0 Å². The van der Waals surface area contributed by atoms with E-state index in [4.69, 9.17) is 11.5 Å². The first-order valence-corrected chi connectivity index (χ1v) is 3.21. The normalized spacial score (nSPS) is 13.1. The van der Waals surface area contributed by atoms with E-state index in [1.54, 1.807) is 0 Å². The summed E-state index contributed by atoms with van der Waals surface area (Å²) in [5.41, 5.74) is 10.3. The first kappa shape index (κ1) is 8.43. The Morgan fingerprint density at radius 1 is 1.67 bits per heavy atom. The molecule has 0 aliphatic rings. The summed E-state index contributed by atoms with van der Waals surface area (Å²) in [5, 5.41) is 0. The molecular formula is C6H14N2O. The molecule has 3 heteroatoms. The van der Waals surface area contributed by atoms with Crippen molar-refractivity contribution in [2.24, 2.45) is 17.4 Å². The van der Waals surface area contributed by atoms with Crippen LogP contribution in [-0.4, -0.2) is 12.5 Å². The Kier molecular flexibility index (Phi) is 4.05. The number of nitrogens with two attached hydrogens (primary N) is 2. The predicted molar refractivity (Wildman–Crippen MR) is 36.6 cm³/mol. The van der Waals surface area contributed by atoms with Gasteiger partial charge in [0.25, 0.3) is 0 Å². The zero-order chi connectivity index (χ0) is 7.28. The Morgan fingerprint density at radius 3 is 2.33 bits per heavy atom. The maximum absolute atomic E-state index is 10.5. The van der Waals surface area contributed by atoms with Crippen LogP contribution in [0.15, 0.2) is 0 Å². The maximum atomic E-state index is 10.5. The Labute approximate surface area is 55.4 Å². The van der Waals surface area contributed by atoms with Crippen molar-refractivity contribution in [3.8, 4) is 0 Å². The van der Waals surface area contributed by atoms with Crippen molar-refractivity contribution in [3.05, 3.63) is 0 Å². The highest BCUT2D eigenvalue weighted by molar-refractivity contribution is 5.76. The van der Waals surface area contributed by atoms with Crippen LogP contribution in [0.1, 0.15) is 19.8 Å². The quantitative estimate of drug-likeness (QED) is 0.555. The second-order valence-electron chi connectivity index (χ2n) is 2.12. The second kappa shape index (κ2) is 4.32. The number of primary amides is 1. The van der Waals surface area contributed by atoms with Gasteiger partial charge < -0.3 is 11.5 Å². The lowest BCUT2D eigenvalue weighted by Gasteiger charge is -2.06. The van der Waals surface area contributed by atoms with Crippen LogP contribution in [-0.2, 0) is 4.79 Å². The second-order valence-corrected chi connectivity index (χ2v) is 2.12. The molecule has 0 heterocycles. The average Bonchev–Trinajstić information content (AvgIpc) is 1.82. The molecule has 4 N–H and O–H groups in total. The van der Waals surface area contributed by atoms with Crippen molar-refractivity contribution in [3.63, 3.8) is 0 Å². The van der Waals surface area contributed by atoms with E-state index in [1.165, 1.54) is 0 Å². The van der Waals surface area contributed by atoms with E-state index in [1.807, 2.05) is 6.92 Å². The number of carbonyl (C=O) groups is 1. The van der Waals surface area contributed by atoms with E-state index in [2.05, 4.69) is 0 Å². The van der Waals surface area contributed by atoms with Gasteiger partial charge in [0.15, 0.2) is 0 Å². The lowest BCUT2D eigenvalue weighted by molar-refractivity contribution is -0.121. The predicted octanol–water partition coefficient (Wildman–Crippen LogP) is -0.153. The lowest BCUT2D eigenvalue weighted by Crippen LogP contribution is -2.29. The lowest BCUT2D eigenvalue weighted by atomic mass is 10.0. The highest BCUT2D eigenvalue weighted by Gasteiger charge is 2.10. The SMILES string of the molecule is CCC[C@@H](CN)C(N)=O. The minimum atomic E-state index is -0.278. The van der Waals surface area contributed by atoms with E-state index in [-0.39, 0.29) is 11.8 Å². The minimum Gasteiger partial charge on any atom is -0.369 e.